The van der Waals surface area contributed by atoms with Crippen LogP contribution in [0.15, 0.2) is 42.6 Å². The maximum absolute atomic E-state index is 12.1. The second-order valence-electron chi connectivity index (χ2n) is 5.74. The number of rotatable bonds is 4. The fraction of sp³-hybridized carbons (Fsp3) is 0.211. The maximum atomic E-state index is 12.1. The van der Waals surface area contributed by atoms with E-state index in [1.165, 1.54) is 11.1 Å². The normalized spacial score (nSPS) is 14.7. The quantitative estimate of drug-likeness (QED) is 0.776. The van der Waals surface area contributed by atoms with Crippen molar-refractivity contribution in [1.82, 2.24) is 0 Å². The van der Waals surface area contributed by atoms with Gasteiger partial charge in [0.1, 0.15) is 0 Å². The zero-order chi connectivity index (χ0) is 16.4. The van der Waals surface area contributed by atoms with Crippen LogP contribution in [-0.2, 0) is 11.2 Å². The second-order valence-corrected chi connectivity index (χ2v) is 6.17. The minimum absolute atomic E-state index is 0.117. The fourth-order valence-corrected chi connectivity index (χ4v) is 2.97. The summed E-state index contributed by atoms with van der Waals surface area (Å²) in [4.78, 5) is 12.1. The molecule has 2 aromatic rings. The average Bonchev–Trinajstić information content (AvgIpc) is 2.83. The van der Waals surface area contributed by atoms with E-state index in [1.807, 2.05) is 12.1 Å². The molecule has 1 aliphatic heterocycles. The SMILES string of the molecule is CCCc1ccc(NC=C2C(=O)Nc3ccc(Cl)cc32)cc1C. The Kier molecular flexibility index (Phi) is 4.39. The predicted octanol–water partition coefficient (Wildman–Crippen LogP) is 5.01. The van der Waals surface area contributed by atoms with Crippen LogP contribution in [-0.4, -0.2) is 5.91 Å². The second kappa shape index (κ2) is 6.47. The van der Waals surface area contributed by atoms with Gasteiger partial charge in [0.25, 0.3) is 5.91 Å². The van der Waals surface area contributed by atoms with Crippen LogP contribution < -0.4 is 10.6 Å². The highest BCUT2D eigenvalue weighted by atomic mass is 35.5. The lowest BCUT2D eigenvalue weighted by molar-refractivity contribution is -0.110. The zero-order valence-corrected chi connectivity index (χ0v) is 14.0. The van der Waals surface area contributed by atoms with Gasteiger partial charge in [0.15, 0.2) is 0 Å². The Morgan fingerprint density at radius 3 is 2.78 bits per heavy atom. The van der Waals surface area contributed by atoms with Crippen LogP contribution in [0.4, 0.5) is 11.4 Å². The van der Waals surface area contributed by atoms with Crippen LogP contribution in [0.3, 0.4) is 0 Å². The summed E-state index contributed by atoms with van der Waals surface area (Å²) in [6.07, 6.45) is 3.96. The Morgan fingerprint density at radius 2 is 2.04 bits per heavy atom. The highest BCUT2D eigenvalue weighted by molar-refractivity contribution is 6.34. The number of anilines is 2. The molecule has 23 heavy (non-hydrogen) atoms. The molecule has 2 aromatic carbocycles. The molecule has 0 fully saturated rings. The molecule has 2 N–H and O–H groups in total. The smallest absolute Gasteiger partial charge is 0.257 e. The van der Waals surface area contributed by atoms with Crippen LogP contribution in [0.25, 0.3) is 5.57 Å². The van der Waals surface area contributed by atoms with Crippen molar-refractivity contribution in [3.8, 4) is 0 Å². The summed E-state index contributed by atoms with van der Waals surface area (Å²) in [6, 6.07) is 11.7. The molecule has 118 valence electrons. The van der Waals surface area contributed by atoms with Crippen molar-refractivity contribution >= 4 is 34.5 Å². The van der Waals surface area contributed by atoms with Gasteiger partial charge in [-0.2, -0.15) is 0 Å². The number of hydrogen-bond donors (Lipinski definition) is 2. The highest BCUT2D eigenvalue weighted by Crippen LogP contribution is 2.33. The van der Waals surface area contributed by atoms with Crippen molar-refractivity contribution in [3.05, 3.63) is 64.3 Å². The van der Waals surface area contributed by atoms with E-state index >= 15 is 0 Å². The third-order valence-electron chi connectivity index (χ3n) is 4.01. The molecule has 0 unspecified atom stereocenters. The number of halogens is 1. The standard InChI is InChI=1S/C19H19ClN2O/c1-3-4-13-5-7-15(9-12(13)2)21-11-17-16-10-14(20)6-8-18(16)22-19(17)23/h5-11,21H,3-4H2,1-2H3,(H,22,23). The molecular formula is C19H19ClN2O. The number of fused-ring (bicyclic) bond motifs is 1. The number of nitrogens with one attached hydrogen (secondary N) is 2. The largest absolute Gasteiger partial charge is 0.361 e. The van der Waals surface area contributed by atoms with Crippen LogP contribution >= 0.6 is 11.6 Å². The first kappa shape index (κ1) is 15.6. The molecule has 0 radical (unpaired) electrons. The van der Waals surface area contributed by atoms with Crippen molar-refractivity contribution in [1.29, 1.82) is 0 Å². The van der Waals surface area contributed by atoms with Crippen LogP contribution in [0.2, 0.25) is 5.02 Å². The number of aryl methyl sites for hydroxylation is 2. The van der Waals surface area contributed by atoms with Crippen molar-refractivity contribution in [2.75, 3.05) is 10.6 Å². The third-order valence-corrected chi connectivity index (χ3v) is 4.24. The average molecular weight is 327 g/mol. The summed E-state index contributed by atoms with van der Waals surface area (Å²) in [5.74, 6) is -0.117. The number of carbonyl (C=O) groups is 1. The first-order valence-electron chi connectivity index (χ1n) is 7.76. The minimum Gasteiger partial charge on any atom is -0.361 e. The minimum atomic E-state index is -0.117. The molecule has 0 saturated heterocycles. The molecule has 0 saturated carbocycles. The molecule has 4 heteroatoms. The summed E-state index contributed by atoms with van der Waals surface area (Å²) in [7, 11) is 0. The molecular weight excluding hydrogens is 308 g/mol. The van der Waals surface area contributed by atoms with Gasteiger partial charge in [-0.1, -0.05) is 31.0 Å². The molecule has 0 atom stereocenters. The van der Waals surface area contributed by atoms with Crippen molar-refractivity contribution < 1.29 is 4.79 Å². The van der Waals surface area contributed by atoms with E-state index in [0.717, 1.165) is 29.8 Å². The van der Waals surface area contributed by atoms with E-state index < -0.39 is 0 Å². The van der Waals surface area contributed by atoms with Crippen LogP contribution in [0.5, 0.6) is 0 Å². The molecule has 0 spiro atoms. The number of amides is 1. The number of carbonyl (C=O) groups excluding carboxylic acids is 1. The summed E-state index contributed by atoms with van der Waals surface area (Å²) in [6.45, 7) is 4.29. The van der Waals surface area contributed by atoms with Gasteiger partial charge >= 0.3 is 0 Å². The molecule has 1 aliphatic rings. The molecule has 3 nitrogen and oxygen atoms in total. The Morgan fingerprint density at radius 1 is 1.22 bits per heavy atom. The van der Waals surface area contributed by atoms with Crippen LogP contribution in [0, 0.1) is 6.92 Å². The van der Waals surface area contributed by atoms with Gasteiger partial charge < -0.3 is 10.6 Å². The zero-order valence-electron chi connectivity index (χ0n) is 13.2. The lowest BCUT2D eigenvalue weighted by Gasteiger charge is -2.08. The van der Waals surface area contributed by atoms with Gasteiger partial charge in [-0.3, -0.25) is 4.79 Å². The first-order valence-corrected chi connectivity index (χ1v) is 8.14. The Labute approximate surface area is 141 Å². The lowest BCUT2D eigenvalue weighted by atomic mass is 10.0. The van der Waals surface area contributed by atoms with E-state index in [1.54, 1.807) is 18.3 Å². The molecule has 1 heterocycles. The van der Waals surface area contributed by atoms with Crippen LogP contribution in [0.1, 0.15) is 30.0 Å². The predicted molar refractivity (Wildman–Crippen MR) is 96.9 cm³/mol. The fourth-order valence-electron chi connectivity index (χ4n) is 2.79. The van der Waals surface area contributed by atoms with Gasteiger partial charge in [-0.15, -0.1) is 0 Å². The van der Waals surface area contributed by atoms with E-state index in [2.05, 4.69) is 36.6 Å². The number of benzene rings is 2. The Hall–Kier alpha value is -2.26. The van der Waals surface area contributed by atoms with Crippen molar-refractivity contribution in [2.45, 2.75) is 26.7 Å². The Balaban J connectivity index is 1.85. The number of hydrogen-bond acceptors (Lipinski definition) is 2. The van der Waals surface area contributed by atoms with Gasteiger partial charge in [0, 0.05) is 28.2 Å². The lowest BCUT2D eigenvalue weighted by Crippen LogP contribution is -2.05. The molecule has 0 aromatic heterocycles. The molecule has 0 bridgehead atoms. The summed E-state index contributed by atoms with van der Waals surface area (Å²) in [5, 5.41) is 6.68. The van der Waals surface area contributed by atoms with Gasteiger partial charge in [-0.05, 0) is 54.8 Å². The topological polar surface area (TPSA) is 41.1 Å². The van der Waals surface area contributed by atoms with E-state index in [9.17, 15) is 4.79 Å². The molecule has 0 aliphatic carbocycles. The summed E-state index contributed by atoms with van der Waals surface area (Å²) in [5.41, 5.74) is 5.81. The van der Waals surface area contributed by atoms with E-state index in [0.29, 0.717) is 10.6 Å². The van der Waals surface area contributed by atoms with E-state index in [-0.39, 0.29) is 5.91 Å². The highest BCUT2D eigenvalue weighted by Gasteiger charge is 2.24. The summed E-state index contributed by atoms with van der Waals surface area (Å²) >= 11 is 6.03. The van der Waals surface area contributed by atoms with Gasteiger partial charge in [0.2, 0.25) is 0 Å². The Bertz CT molecular complexity index is 796. The monoisotopic (exact) mass is 326 g/mol. The first-order chi connectivity index (χ1) is 11.1. The van der Waals surface area contributed by atoms with Gasteiger partial charge in [0.05, 0.1) is 5.57 Å². The van der Waals surface area contributed by atoms with Crippen molar-refractivity contribution in [3.63, 3.8) is 0 Å². The maximum Gasteiger partial charge on any atom is 0.257 e. The molecule has 1 amide bonds. The summed E-state index contributed by atoms with van der Waals surface area (Å²) < 4.78 is 0. The van der Waals surface area contributed by atoms with Crippen molar-refractivity contribution in [2.24, 2.45) is 0 Å². The third kappa shape index (κ3) is 3.25. The molecule has 3 rings (SSSR count). The van der Waals surface area contributed by atoms with E-state index in [4.69, 9.17) is 11.6 Å². The van der Waals surface area contributed by atoms with Gasteiger partial charge in [-0.25, -0.2) is 0 Å².